The van der Waals surface area contributed by atoms with Gasteiger partial charge in [0.2, 0.25) is 0 Å². The van der Waals surface area contributed by atoms with E-state index in [9.17, 15) is 10.1 Å². The second-order valence-corrected chi connectivity index (χ2v) is 7.92. The summed E-state index contributed by atoms with van der Waals surface area (Å²) in [6, 6.07) is 6.31. The lowest BCUT2D eigenvalue weighted by molar-refractivity contribution is -0.119. The summed E-state index contributed by atoms with van der Waals surface area (Å²) in [6.07, 6.45) is 8.28. The first-order valence-corrected chi connectivity index (χ1v) is 8.97. The maximum atomic E-state index is 12.7. The molecule has 2 aliphatic rings. The molecule has 0 radical (unpaired) electrons. The van der Waals surface area contributed by atoms with E-state index in [1.165, 1.54) is 12.0 Å². The van der Waals surface area contributed by atoms with Gasteiger partial charge in [-0.2, -0.15) is 5.26 Å². The van der Waals surface area contributed by atoms with Crippen LogP contribution < -0.4 is 5.32 Å². The van der Waals surface area contributed by atoms with Crippen molar-refractivity contribution >= 4 is 11.5 Å². The molecule has 24 heavy (non-hydrogen) atoms. The van der Waals surface area contributed by atoms with Crippen LogP contribution in [-0.2, 0) is 11.2 Å². The first-order valence-electron chi connectivity index (χ1n) is 8.97. The number of hydrogen-bond donors (Lipinski definition) is 1. The number of nitrogens with zero attached hydrogens (tertiary/aromatic N) is 1. The molecular formula is C21H26N2O. The van der Waals surface area contributed by atoms with Crippen molar-refractivity contribution in [3.63, 3.8) is 0 Å². The average Bonchev–Trinajstić information content (AvgIpc) is 2.54. The van der Waals surface area contributed by atoms with Crippen molar-refractivity contribution in [3.8, 4) is 6.07 Å². The Bertz CT molecular complexity index is 731. The standard InChI is InChI=1S/C21H26N2O/c1-14-9-16-12-21(2,3)23-19(18(16)10-17(14)13-22)11-20(24)15-7-5-4-6-8-15/h9-11,15,23H,4-8,12H2,1-3H3. The van der Waals surface area contributed by atoms with Gasteiger partial charge in [-0.25, -0.2) is 0 Å². The lowest BCUT2D eigenvalue weighted by Gasteiger charge is -2.36. The van der Waals surface area contributed by atoms with Crippen LogP contribution in [0.4, 0.5) is 0 Å². The highest BCUT2D eigenvalue weighted by Crippen LogP contribution is 2.33. The lowest BCUT2D eigenvalue weighted by Crippen LogP contribution is -2.44. The summed E-state index contributed by atoms with van der Waals surface area (Å²) < 4.78 is 0. The first kappa shape index (κ1) is 16.8. The molecule has 1 aliphatic heterocycles. The maximum Gasteiger partial charge on any atom is 0.160 e. The average molecular weight is 322 g/mol. The summed E-state index contributed by atoms with van der Waals surface area (Å²) >= 11 is 0. The smallest absolute Gasteiger partial charge is 0.160 e. The molecule has 0 spiro atoms. The zero-order valence-electron chi connectivity index (χ0n) is 14.9. The Labute approximate surface area is 144 Å². The van der Waals surface area contributed by atoms with Crippen molar-refractivity contribution in [2.45, 2.75) is 64.8 Å². The molecule has 1 saturated carbocycles. The number of carbonyl (C=O) groups is 1. The Kier molecular flexibility index (Phi) is 4.49. The molecule has 0 aromatic heterocycles. The SMILES string of the molecule is Cc1cc2c(cc1C#N)C(=CC(=O)C1CCCCC1)NC(C)(C)C2. The minimum atomic E-state index is -0.0910. The van der Waals surface area contributed by atoms with E-state index in [4.69, 9.17) is 0 Å². The van der Waals surface area contributed by atoms with Crippen molar-refractivity contribution in [3.05, 3.63) is 40.5 Å². The zero-order valence-corrected chi connectivity index (χ0v) is 14.9. The third-order valence-corrected chi connectivity index (χ3v) is 5.26. The molecule has 0 atom stereocenters. The number of allylic oxidation sites excluding steroid dienone is 1. The Morgan fingerprint density at radius 1 is 1.29 bits per heavy atom. The van der Waals surface area contributed by atoms with Crippen LogP contribution in [0, 0.1) is 24.2 Å². The zero-order chi connectivity index (χ0) is 17.3. The van der Waals surface area contributed by atoms with E-state index >= 15 is 0 Å². The number of nitriles is 1. The molecule has 3 heteroatoms. The summed E-state index contributed by atoms with van der Waals surface area (Å²) in [6.45, 7) is 6.29. The summed E-state index contributed by atoms with van der Waals surface area (Å²) in [4.78, 5) is 12.7. The predicted molar refractivity (Wildman–Crippen MR) is 96.4 cm³/mol. The molecule has 1 aromatic rings. The molecule has 1 fully saturated rings. The van der Waals surface area contributed by atoms with Crippen molar-refractivity contribution in [2.24, 2.45) is 5.92 Å². The van der Waals surface area contributed by atoms with Gasteiger partial charge in [-0.05, 0) is 57.2 Å². The first-order chi connectivity index (χ1) is 11.4. The second kappa shape index (κ2) is 6.43. The van der Waals surface area contributed by atoms with Crippen LogP contribution in [0.15, 0.2) is 18.2 Å². The van der Waals surface area contributed by atoms with E-state index < -0.39 is 0 Å². The third-order valence-electron chi connectivity index (χ3n) is 5.26. The molecule has 0 bridgehead atoms. The molecule has 3 nitrogen and oxygen atoms in total. The van der Waals surface area contributed by atoms with Crippen LogP contribution in [0.5, 0.6) is 0 Å². The van der Waals surface area contributed by atoms with Crippen molar-refractivity contribution in [1.82, 2.24) is 5.32 Å². The monoisotopic (exact) mass is 322 g/mol. The van der Waals surface area contributed by atoms with E-state index in [2.05, 4.69) is 31.3 Å². The van der Waals surface area contributed by atoms with E-state index in [0.717, 1.165) is 48.9 Å². The van der Waals surface area contributed by atoms with E-state index in [0.29, 0.717) is 5.56 Å². The number of hydrogen-bond acceptors (Lipinski definition) is 3. The number of fused-ring (bicyclic) bond motifs is 1. The minimum absolute atomic E-state index is 0.0910. The largest absolute Gasteiger partial charge is 0.379 e. The summed E-state index contributed by atoms with van der Waals surface area (Å²) in [5.41, 5.74) is 4.72. The normalized spacial score (nSPS) is 21.7. The Morgan fingerprint density at radius 3 is 2.67 bits per heavy atom. The summed E-state index contributed by atoms with van der Waals surface area (Å²) in [7, 11) is 0. The fourth-order valence-corrected chi connectivity index (χ4v) is 4.00. The lowest BCUT2D eigenvalue weighted by atomic mass is 9.82. The van der Waals surface area contributed by atoms with Crippen molar-refractivity contribution < 1.29 is 4.79 Å². The van der Waals surface area contributed by atoms with E-state index in [-0.39, 0.29) is 17.2 Å². The third kappa shape index (κ3) is 3.38. The van der Waals surface area contributed by atoms with Crippen molar-refractivity contribution in [2.75, 3.05) is 0 Å². The molecule has 0 amide bonds. The van der Waals surface area contributed by atoms with Crippen LogP contribution >= 0.6 is 0 Å². The van der Waals surface area contributed by atoms with Gasteiger partial charge in [0.25, 0.3) is 0 Å². The van der Waals surface area contributed by atoms with Gasteiger partial charge in [-0.1, -0.05) is 25.3 Å². The van der Waals surface area contributed by atoms with Crippen LogP contribution in [0.2, 0.25) is 0 Å². The summed E-state index contributed by atoms with van der Waals surface area (Å²) in [5, 5.41) is 12.9. The fraction of sp³-hybridized carbons (Fsp3) is 0.524. The molecular weight excluding hydrogens is 296 g/mol. The highest BCUT2D eigenvalue weighted by molar-refractivity contribution is 5.98. The van der Waals surface area contributed by atoms with Crippen LogP contribution in [0.1, 0.15) is 68.2 Å². The van der Waals surface area contributed by atoms with Gasteiger partial charge in [-0.3, -0.25) is 4.79 Å². The van der Waals surface area contributed by atoms with Gasteiger partial charge in [-0.15, -0.1) is 0 Å². The molecule has 0 unspecified atom stereocenters. The van der Waals surface area contributed by atoms with Gasteiger partial charge >= 0.3 is 0 Å². The predicted octanol–water partition coefficient (Wildman–Crippen LogP) is 4.28. The van der Waals surface area contributed by atoms with Gasteiger partial charge in [0, 0.05) is 28.8 Å². The highest BCUT2D eigenvalue weighted by Gasteiger charge is 2.29. The van der Waals surface area contributed by atoms with Crippen LogP contribution in [0.25, 0.3) is 5.70 Å². The van der Waals surface area contributed by atoms with E-state index in [1.807, 2.05) is 13.0 Å². The Morgan fingerprint density at radius 2 is 2.00 bits per heavy atom. The molecule has 1 heterocycles. The van der Waals surface area contributed by atoms with Crippen LogP contribution in [0.3, 0.4) is 0 Å². The molecule has 1 N–H and O–H groups in total. The molecule has 3 rings (SSSR count). The number of nitrogens with one attached hydrogen (secondary N) is 1. The molecule has 126 valence electrons. The van der Waals surface area contributed by atoms with Crippen LogP contribution in [-0.4, -0.2) is 11.3 Å². The Hall–Kier alpha value is -2.08. The van der Waals surface area contributed by atoms with Gasteiger partial charge in [0.15, 0.2) is 5.78 Å². The number of carbonyl (C=O) groups excluding carboxylic acids is 1. The topological polar surface area (TPSA) is 52.9 Å². The number of aryl methyl sites for hydroxylation is 1. The number of ketones is 1. The van der Waals surface area contributed by atoms with Gasteiger partial charge < -0.3 is 5.32 Å². The number of rotatable bonds is 2. The van der Waals surface area contributed by atoms with Gasteiger partial charge in [0.1, 0.15) is 0 Å². The Balaban J connectivity index is 2.00. The molecule has 1 aliphatic carbocycles. The second-order valence-electron chi connectivity index (χ2n) is 7.92. The fourth-order valence-electron chi connectivity index (χ4n) is 4.00. The highest BCUT2D eigenvalue weighted by atomic mass is 16.1. The summed E-state index contributed by atoms with van der Waals surface area (Å²) in [5.74, 6) is 0.405. The quantitative estimate of drug-likeness (QED) is 0.827. The maximum absolute atomic E-state index is 12.7. The minimum Gasteiger partial charge on any atom is -0.379 e. The number of benzene rings is 1. The van der Waals surface area contributed by atoms with Gasteiger partial charge in [0.05, 0.1) is 11.6 Å². The molecule has 0 saturated heterocycles. The molecule has 1 aromatic carbocycles. The van der Waals surface area contributed by atoms with E-state index in [1.54, 1.807) is 6.08 Å². The van der Waals surface area contributed by atoms with Crippen molar-refractivity contribution in [1.29, 1.82) is 5.26 Å².